The van der Waals surface area contributed by atoms with Crippen molar-refractivity contribution in [1.82, 2.24) is 20.3 Å². The standard InChI is InChI=1S/C15H31N5O3S.HI/c1-4-24(22,23)19-9-5-8-18-15(17-3)20-10-6-13(7-11-20)12-14(21)16-2;/h13,19H,4-12H2,1-3H3,(H,16,21)(H,17,18);1H. The maximum absolute atomic E-state index is 11.4. The minimum absolute atomic E-state index is 0. The van der Waals surface area contributed by atoms with E-state index >= 15 is 0 Å². The minimum atomic E-state index is -3.12. The minimum Gasteiger partial charge on any atom is -0.359 e. The number of carbonyl (C=O) groups is 1. The van der Waals surface area contributed by atoms with E-state index in [2.05, 4.69) is 25.2 Å². The first-order valence-corrected chi connectivity index (χ1v) is 10.2. The predicted octanol–water partition coefficient (Wildman–Crippen LogP) is 0.357. The van der Waals surface area contributed by atoms with Crippen LogP contribution in [0.25, 0.3) is 0 Å². The number of amides is 1. The van der Waals surface area contributed by atoms with Crippen molar-refractivity contribution in [3.8, 4) is 0 Å². The molecule has 1 aliphatic heterocycles. The molecule has 0 unspecified atom stereocenters. The van der Waals surface area contributed by atoms with Crippen LogP contribution in [0.1, 0.15) is 32.6 Å². The number of carbonyl (C=O) groups excluding carboxylic acids is 1. The summed E-state index contributed by atoms with van der Waals surface area (Å²) in [6.07, 6.45) is 3.24. The second-order valence-electron chi connectivity index (χ2n) is 5.93. The summed E-state index contributed by atoms with van der Waals surface area (Å²) >= 11 is 0. The fourth-order valence-corrected chi connectivity index (χ4v) is 3.32. The Hall–Kier alpha value is -0.620. The van der Waals surface area contributed by atoms with Gasteiger partial charge in [-0.15, -0.1) is 24.0 Å². The Morgan fingerprint density at radius 3 is 2.40 bits per heavy atom. The number of hydrogen-bond donors (Lipinski definition) is 3. The van der Waals surface area contributed by atoms with Crippen LogP contribution in [0.3, 0.4) is 0 Å². The number of hydrogen-bond acceptors (Lipinski definition) is 4. The van der Waals surface area contributed by atoms with E-state index in [0.29, 0.717) is 31.8 Å². The Balaban J connectivity index is 0.00000576. The summed E-state index contributed by atoms with van der Waals surface area (Å²) in [6.45, 7) is 4.47. The second kappa shape index (κ2) is 12.7. The van der Waals surface area contributed by atoms with E-state index in [1.807, 2.05) is 0 Å². The molecule has 0 aromatic heterocycles. The highest BCUT2D eigenvalue weighted by Gasteiger charge is 2.22. The fourth-order valence-electron chi connectivity index (χ4n) is 2.66. The van der Waals surface area contributed by atoms with Crippen LogP contribution >= 0.6 is 24.0 Å². The molecule has 1 heterocycles. The van der Waals surface area contributed by atoms with Crippen LogP contribution in [0.2, 0.25) is 0 Å². The largest absolute Gasteiger partial charge is 0.359 e. The van der Waals surface area contributed by atoms with Gasteiger partial charge in [0.15, 0.2) is 5.96 Å². The molecule has 0 atom stereocenters. The van der Waals surface area contributed by atoms with E-state index in [-0.39, 0.29) is 35.6 Å². The van der Waals surface area contributed by atoms with Gasteiger partial charge in [-0.25, -0.2) is 13.1 Å². The lowest BCUT2D eigenvalue weighted by molar-refractivity contribution is -0.121. The van der Waals surface area contributed by atoms with E-state index in [4.69, 9.17) is 0 Å². The molecule has 1 rings (SSSR count). The molecular formula is C15H32IN5O3S. The van der Waals surface area contributed by atoms with Crippen LogP contribution in [0.15, 0.2) is 4.99 Å². The summed E-state index contributed by atoms with van der Waals surface area (Å²) in [5.74, 6) is 1.48. The summed E-state index contributed by atoms with van der Waals surface area (Å²) in [5, 5.41) is 5.95. The molecule has 1 aliphatic rings. The average molecular weight is 489 g/mol. The molecule has 0 saturated carbocycles. The Morgan fingerprint density at radius 2 is 1.88 bits per heavy atom. The molecule has 0 spiro atoms. The van der Waals surface area contributed by atoms with Gasteiger partial charge in [-0.05, 0) is 32.1 Å². The van der Waals surface area contributed by atoms with Crippen LogP contribution in [0.5, 0.6) is 0 Å². The zero-order valence-electron chi connectivity index (χ0n) is 15.4. The first-order chi connectivity index (χ1) is 11.4. The first-order valence-electron chi connectivity index (χ1n) is 8.55. The zero-order chi connectivity index (χ0) is 18.0. The maximum Gasteiger partial charge on any atom is 0.220 e. The number of likely N-dealkylation sites (tertiary alicyclic amines) is 1. The number of halogens is 1. The first kappa shape index (κ1) is 24.4. The van der Waals surface area contributed by atoms with Gasteiger partial charge in [0.05, 0.1) is 5.75 Å². The van der Waals surface area contributed by atoms with Crippen molar-refractivity contribution in [2.24, 2.45) is 10.9 Å². The summed E-state index contributed by atoms with van der Waals surface area (Å²) in [7, 11) is 0.304. The monoisotopic (exact) mass is 489 g/mol. The fraction of sp³-hybridized carbons (Fsp3) is 0.867. The van der Waals surface area contributed by atoms with Crippen molar-refractivity contribution in [1.29, 1.82) is 0 Å². The Kier molecular flexibility index (Phi) is 12.4. The third kappa shape index (κ3) is 9.59. The lowest BCUT2D eigenvalue weighted by Crippen LogP contribution is -2.46. The number of nitrogens with zero attached hydrogens (tertiary/aromatic N) is 2. The second-order valence-corrected chi connectivity index (χ2v) is 8.03. The van der Waals surface area contributed by atoms with E-state index in [9.17, 15) is 13.2 Å². The van der Waals surface area contributed by atoms with Crippen LogP contribution < -0.4 is 15.4 Å². The normalized spacial score (nSPS) is 16.3. The lowest BCUT2D eigenvalue weighted by atomic mass is 9.93. The van der Waals surface area contributed by atoms with Gasteiger partial charge in [-0.1, -0.05) is 0 Å². The van der Waals surface area contributed by atoms with Gasteiger partial charge in [-0.3, -0.25) is 9.79 Å². The molecule has 148 valence electrons. The summed E-state index contributed by atoms with van der Waals surface area (Å²) in [4.78, 5) is 17.9. The van der Waals surface area contributed by atoms with Crippen molar-refractivity contribution in [2.75, 3.05) is 46.0 Å². The van der Waals surface area contributed by atoms with E-state index < -0.39 is 10.0 Å². The SMILES string of the molecule is CCS(=O)(=O)NCCCNC(=NC)N1CCC(CC(=O)NC)CC1.I. The molecule has 0 radical (unpaired) electrons. The molecule has 3 N–H and O–H groups in total. The van der Waals surface area contributed by atoms with E-state index in [0.717, 1.165) is 31.9 Å². The number of aliphatic imine (C=N–C) groups is 1. The molecular weight excluding hydrogens is 457 g/mol. The zero-order valence-corrected chi connectivity index (χ0v) is 18.5. The van der Waals surface area contributed by atoms with Gasteiger partial charge in [-0.2, -0.15) is 0 Å². The molecule has 0 aromatic rings. The smallest absolute Gasteiger partial charge is 0.220 e. The highest BCUT2D eigenvalue weighted by atomic mass is 127. The third-order valence-electron chi connectivity index (χ3n) is 4.22. The predicted molar refractivity (Wildman–Crippen MR) is 112 cm³/mol. The maximum atomic E-state index is 11.4. The van der Waals surface area contributed by atoms with Gasteiger partial charge in [0.1, 0.15) is 0 Å². The average Bonchev–Trinajstić information content (AvgIpc) is 2.59. The Morgan fingerprint density at radius 1 is 1.24 bits per heavy atom. The summed E-state index contributed by atoms with van der Waals surface area (Å²) in [5.41, 5.74) is 0. The molecule has 25 heavy (non-hydrogen) atoms. The summed E-state index contributed by atoms with van der Waals surface area (Å²) < 4.78 is 25.2. The van der Waals surface area contributed by atoms with Gasteiger partial charge < -0.3 is 15.5 Å². The lowest BCUT2D eigenvalue weighted by Gasteiger charge is -2.34. The van der Waals surface area contributed by atoms with E-state index in [1.54, 1.807) is 21.0 Å². The number of nitrogens with one attached hydrogen (secondary N) is 3. The van der Waals surface area contributed by atoms with Gasteiger partial charge >= 0.3 is 0 Å². The number of piperidine rings is 1. The molecule has 1 saturated heterocycles. The van der Waals surface area contributed by atoms with Gasteiger partial charge in [0.2, 0.25) is 15.9 Å². The molecule has 0 aliphatic carbocycles. The third-order valence-corrected chi connectivity index (χ3v) is 5.62. The van der Waals surface area contributed by atoms with Gasteiger partial charge in [0, 0.05) is 46.7 Å². The number of guanidine groups is 1. The molecule has 1 fully saturated rings. The molecule has 0 aromatic carbocycles. The molecule has 10 heteroatoms. The van der Waals surface area contributed by atoms with E-state index in [1.165, 1.54) is 0 Å². The van der Waals surface area contributed by atoms with Crippen molar-refractivity contribution >= 4 is 45.9 Å². The van der Waals surface area contributed by atoms with Crippen molar-refractivity contribution in [3.05, 3.63) is 0 Å². The highest BCUT2D eigenvalue weighted by Crippen LogP contribution is 2.20. The van der Waals surface area contributed by atoms with Crippen LogP contribution in [0.4, 0.5) is 0 Å². The highest BCUT2D eigenvalue weighted by molar-refractivity contribution is 14.0. The van der Waals surface area contributed by atoms with Crippen LogP contribution in [-0.2, 0) is 14.8 Å². The Labute approximate surface area is 168 Å². The number of sulfonamides is 1. The molecule has 1 amide bonds. The quantitative estimate of drug-likeness (QED) is 0.198. The molecule has 0 bridgehead atoms. The van der Waals surface area contributed by atoms with Gasteiger partial charge in [0.25, 0.3) is 0 Å². The van der Waals surface area contributed by atoms with Crippen LogP contribution in [-0.4, -0.2) is 71.2 Å². The summed E-state index contributed by atoms with van der Waals surface area (Å²) in [6, 6.07) is 0. The topological polar surface area (TPSA) is 103 Å². The van der Waals surface area contributed by atoms with Crippen molar-refractivity contribution in [3.63, 3.8) is 0 Å². The molecule has 8 nitrogen and oxygen atoms in total. The van der Waals surface area contributed by atoms with Crippen LogP contribution in [0, 0.1) is 5.92 Å². The van der Waals surface area contributed by atoms with Crippen molar-refractivity contribution < 1.29 is 13.2 Å². The van der Waals surface area contributed by atoms with Crippen molar-refractivity contribution in [2.45, 2.75) is 32.6 Å². The Bertz CT molecular complexity index is 519. The number of rotatable bonds is 8.